The van der Waals surface area contributed by atoms with Crippen LogP contribution in [0.1, 0.15) is 23.6 Å². The highest BCUT2D eigenvalue weighted by Gasteiger charge is 2.20. The Hall–Kier alpha value is -3.52. The Balaban J connectivity index is 1.45. The lowest BCUT2D eigenvalue weighted by molar-refractivity contribution is 0.484. The van der Waals surface area contributed by atoms with Crippen LogP contribution in [0.25, 0.3) is 22.3 Å². The zero-order chi connectivity index (χ0) is 19.8. The van der Waals surface area contributed by atoms with Gasteiger partial charge < -0.3 is 10.5 Å². The van der Waals surface area contributed by atoms with E-state index in [1.165, 1.54) is 38.9 Å². The van der Waals surface area contributed by atoms with Gasteiger partial charge in [-0.15, -0.1) is 0 Å². The Labute approximate surface area is 171 Å². The van der Waals surface area contributed by atoms with Gasteiger partial charge in [-0.1, -0.05) is 67.6 Å². The van der Waals surface area contributed by atoms with Crippen LogP contribution >= 0.6 is 0 Å². The first-order valence-corrected chi connectivity index (χ1v) is 10.1. The molecule has 0 bridgehead atoms. The van der Waals surface area contributed by atoms with Crippen molar-refractivity contribution in [3.05, 3.63) is 102 Å². The fourth-order valence-corrected chi connectivity index (χ4v) is 4.14. The topological polar surface area (TPSA) is 35.2 Å². The molecule has 0 saturated carbocycles. The maximum absolute atomic E-state index is 6.09. The second-order valence-electron chi connectivity index (χ2n) is 7.52. The summed E-state index contributed by atoms with van der Waals surface area (Å²) in [5.41, 5.74) is 16.0. The second kappa shape index (κ2) is 7.14. The number of hydrogen-bond acceptors (Lipinski definition) is 2. The van der Waals surface area contributed by atoms with Crippen LogP contribution < -0.4 is 10.5 Å². The molecule has 1 aliphatic carbocycles. The summed E-state index contributed by atoms with van der Waals surface area (Å²) in [6, 6.07) is 29.6. The number of nitrogens with two attached hydrogens (primary N) is 1. The van der Waals surface area contributed by atoms with Crippen molar-refractivity contribution in [1.82, 2.24) is 0 Å². The molecule has 29 heavy (non-hydrogen) atoms. The van der Waals surface area contributed by atoms with E-state index >= 15 is 0 Å². The van der Waals surface area contributed by atoms with E-state index in [-0.39, 0.29) is 0 Å². The Morgan fingerprint density at radius 1 is 0.793 bits per heavy atom. The molecule has 0 unspecified atom stereocenters. The highest BCUT2D eigenvalue weighted by Crippen LogP contribution is 2.41. The minimum atomic E-state index is 0.657. The number of fused-ring (bicyclic) bond motifs is 3. The van der Waals surface area contributed by atoms with E-state index in [0.717, 1.165) is 18.6 Å². The van der Waals surface area contributed by atoms with Crippen LogP contribution in [0.5, 0.6) is 11.5 Å². The van der Waals surface area contributed by atoms with Gasteiger partial charge in [-0.2, -0.15) is 0 Å². The monoisotopic (exact) mass is 377 g/mol. The number of nitrogen functional groups attached to an aromatic ring is 1. The number of ether oxygens (including phenoxy) is 1. The van der Waals surface area contributed by atoms with E-state index in [4.69, 9.17) is 10.5 Å². The number of anilines is 1. The number of hydrogen-bond donors (Lipinski definition) is 1. The quantitative estimate of drug-likeness (QED) is 0.347. The van der Waals surface area contributed by atoms with Gasteiger partial charge in [-0.25, -0.2) is 0 Å². The number of rotatable bonds is 4. The minimum absolute atomic E-state index is 0.657. The zero-order valence-electron chi connectivity index (χ0n) is 16.5. The molecule has 4 aromatic carbocycles. The first kappa shape index (κ1) is 17.6. The lowest BCUT2D eigenvalue weighted by atomic mass is 9.96. The minimum Gasteiger partial charge on any atom is -0.455 e. The van der Waals surface area contributed by atoms with Crippen LogP contribution in [-0.2, 0) is 12.8 Å². The molecule has 0 radical (unpaired) electrons. The SMILES string of the molecule is CCc1ccc(N)c(Oc2ccc(-c3cccc4c3Cc3ccccc3-4)cc2)c1. The van der Waals surface area contributed by atoms with Crippen LogP contribution in [-0.4, -0.2) is 0 Å². The first-order chi connectivity index (χ1) is 14.2. The maximum atomic E-state index is 6.09. The molecule has 0 saturated heterocycles. The summed E-state index contributed by atoms with van der Waals surface area (Å²) in [4.78, 5) is 0. The Bertz CT molecular complexity index is 1190. The molecule has 2 N–H and O–H groups in total. The summed E-state index contributed by atoms with van der Waals surface area (Å²) < 4.78 is 6.06. The van der Waals surface area contributed by atoms with Gasteiger partial charge >= 0.3 is 0 Å². The van der Waals surface area contributed by atoms with E-state index in [0.29, 0.717) is 11.4 Å². The lowest BCUT2D eigenvalue weighted by Crippen LogP contribution is -1.94. The molecule has 2 heteroatoms. The van der Waals surface area contributed by atoms with Crippen molar-refractivity contribution < 1.29 is 4.74 Å². The van der Waals surface area contributed by atoms with Gasteiger partial charge in [0.15, 0.2) is 5.75 Å². The van der Waals surface area contributed by atoms with Gasteiger partial charge in [0.05, 0.1) is 5.69 Å². The third kappa shape index (κ3) is 3.17. The van der Waals surface area contributed by atoms with Crippen molar-refractivity contribution in [2.75, 3.05) is 5.73 Å². The molecule has 5 rings (SSSR count). The van der Waals surface area contributed by atoms with E-state index in [2.05, 4.69) is 61.5 Å². The number of benzene rings is 4. The molecule has 2 nitrogen and oxygen atoms in total. The average Bonchev–Trinajstić information content (AvgIpc) is 3.15. The summed E-state index contributed by atoms with van der Waals surface area (Å²) in [7, 11) is 0. The third-order valence-corrected chi connectivity index (χ3v) is 5.73. The van der Waals surface area contributed by atoms with Crippen molar-refractivity contribution in [3.63, 3.8) is 0 Å². The predicted octanol–water partition coefficient (Wildman–Crippen LogP) is 6.86. The van der Waals surface area contributed by atoms with Crippen molar-refractivity contribution >= 4 is 5.69 Å². The van der Waals surface area contributed by atoms with Crippen LogP contribution in [0.15, 0.2) is 84.9 Å². The van der Waals surface area contributed by atoms with Crippen molar-refractivity contribution in [2.24, 2.45) is 0 Å². The summed E-state index contributed by atoms with van der Waals surface area (Å²) in [5, 5.41) is 0. The average molecular weight is 377 g/mol. The molecule has 4 aromatic rings. The number of aryl methyl sites for hydroxylation is 1. The van der Waals surface area contributed by atoms with Crippen molar-refractivity contribution in [2.45, 2.75) is 19.8 Å². The first-order valence-electron chi connectivity index (χ1n) is 10.1. The smallest absolute Gasteiger partial charge is 0.150 e. The van der Waals surface area contributed by atoms with Crippen LogP contribution in [0.3, 0.4) is 0 Å². The molecule has 1 aliphatic rings. The molecular formula is C27H23NO. The fraction of sp³-hybridized carbons (Fsp3) is 0.111. The molecule has 0 atom stereocenters. The Morgan fingerprint density at radius 2 is 1.55 bits per heavy atom. The van der Waals surface area contributed by atoms with E-state index < -0.39 is 0 Å². The highest BCUT2D eigenvalue weighted by atomic mass is 16.5. The normalized spacial score (nSPS) is 11.8. The maximum Gasteiger partial charge on any atom is 0.150 e. The molecule has 0 aliphatic heterocycles. The van der Waals surface area contributed by atoms with Crippen LogP contribution in [0, 0.1) is 0 Å². The molecule has 0 heterocycles. The van der Waals surface area contributed by atoms with Gasteiger partial charge in [-0.05, 0) is 76.1 Å². The molecule has 0 spiro atoms. The lowest BCUT2D eigenvalue weighted by Gasteiger charge is -2.12. The standard InChI is InChI=1S/C27H23NO/c1-2-18-10-15-26(28)27(16-18)29-21-13-11-19(12-14-21)22-8-5-9-24-23-7-4-3-6-20(23)17-25(22)24/h3-16H,2,17,28H2,1H3. The highest BCUT2D eigenvalue weighted by molar-refractivity contribution is 5.84. The van der Waals surface area contributed by atoms with Gasteiger partial charge in [0.1, 0.15) is 5.75 Å². The summed E-state index contributed by atoms with van der Waals surface area (Å²) >= 11 is 0. The van der Waals surface area contributed by atoms with E-state index in [1.807, 2.05) is 30.3 Å². The van der Waals surface area contributed by atoms with Gasteiger partial charge in [-0.3, -0.25) is 0 Å². The molecule has 0 aromatic heterocycles. The Morgan fingerprint density at radius 3 is 2.38 bits per heavy atom. The van der Waals surface area contributed by atoms with Crippen LogP contribution in [0.2, 0.25) is 0 Å². The van der Waals surface area contributed by atoms with E-state index in [1.54, 1.807) is 0 Å². The second-order valence-corrected chi connectivity index (χ2v) is 7.52. The molecule has 0 fully saturated rings. The third-order valence-electron chi connectivity index (χ3n) is 5.73. The van der Waals surface area contributed by atoms with Gasteiger partial charge in [0.2, 0.25) is 0 Å². The van der Waals surface area contributed by atoms with Crippen LogP contribution in [0.4, 0.5) is 5.69 Å². The molecule has 0 amide bonds. The largest absolute Gasteiger partial charge is 0.455 e. The van der Waals surface area contributed by atoms with Crippen molar-refractivity contribution in [1.29, 1.82) is 0 Å². The summed E-state index contributed by atoms with van der Waals surface area (Å²) in [6.45, 7) is 2.13. The van der Waals surface area contributed by atoms with Gasteiger partial charge in [0, 0.05) is 0 Å². The Kier molecular flexibility index (Phi) is 4.33. The fourth-order valence-electron chi connectivity index (χ4n) is 4.14. The van der Waals surface area contributed by atoms with Crippen molar-refractivity contribution in [3.8, 4) is 33.8 Å². The summed E-state index contributed by atoms with van der Waals surface area (Å²) in [6.07, 6.45) is 1.94. The summed E-state index contributed by atoms with van der Waals surface area (Å²) in [5.74, 6) is 1.51. The molecule has 142 valence electrons. The van der Waals surface area contributed by atoms with E-state index in [9.17, 15) is 0 Å². The zero-order valence-corrected chi connectivity index (χ0v) is 16.5. The molecular weight excluding hydrogens is 354 g/mol. The van der Waals surface area contributed by atoms with Gasteiger partial charge in [0.25, 0.3) is 0 Å². The predicted molar refractivity (Wildman–Crippen MR) is 120 cm³/mol.